The molecule has 0 amide bonds. The van der Waals surface area contributed by atoms with Crippen molar-refractivity contribution in [1.82, 2.24) is 4.98 Å². The standard InChI is InChI=1S/C29H32N2O9S/c1-35-21-15-26(37-3)22(27(16-21)38-4)10-12-41(33,34)18-19-13-23(29(40-6)31-17-19)30-11-9-24(32)20-7-8-25(36-2)28(14-20)39-5/h7-17,30H,18H2,1-6H3/b11-9-,12-10+. The second-order valence-electron chi connectivity index (χ2n) is 8.37. The number of ketones is 1. The van der Waals surface area contributed by atoms with E-state index in [1.54, 1.807) is 36.4 Å². The third-order valence-corrected chi connectivity index (χ3v) is 7.09. The van der Waals surface area contributed by atoms with Crippen LogP contribution >= 0.6 is 0 Å². The highest BCUT2D eigenvalue weighted by Crippen LogP contribution is 2.35. The Labute approximate surface area is 239 Å². The third kappa shape index (κ3) is 7.92. The largest absolute Gasteiger partial charge is 0.496 e. The maximum Gasteiger partial charge on any atom is 0.237 e. The number of sulfone groups is 1. The maximum atomic E-state index is 13.0. The van der Waals surface area contributed by atoms with Crippen molar-refractivity contribution in [2.75, 3.05) is 48.0 Å². The molecule has 41 heavy (non-hydrogen) atoms. The van der Waals surface area contributed by atoms with E-state index in [0.29, 0.717) is 51.1 Å². The lowest BCUT2D eigenvalue weighted by Crippen LogP contribution is -2.04. The topological polar surface area (TPSA) is 132 Å². The first-order chi connectivity index (χ1) is 19.7. The predicted octanol–water partition coefficient (Wildman–Crippen LogP) is 4.53. The van der Waals surface area contributed by atoms with Gasteiger partial charge in [0.15, 0.2) is 27.1 Å². The number of allylic oxidation sites excluding steroid dienone is 1. The molecule has 1 N–H and O–H groups in total. The normalized spacial score (nSPS) is 11.4. The molecule has 0 saturated carbocycles. The third-order valence-electron chi connectivity index (χ3n) is 5.81. The Bertz CT molecular complexity index is 1520. The van der Waals surface area contributed by atoms with Crippen molar-refractivity contribution in [1.29, 1.82) is 0 Å². The van der Waals surface area contributed by atoms with Crippen molar-refractivity contribution < 1.29 is 41.6 Å². The van der Waals surface area contributed by atoms with Crippen LogP contribution in [0, 0.1) is 0 Å². The number of hydrogen-bond donors (Lipinski definition) is 1. The zero-order chi connectivity index (χ0) is 30.0. The fourth-order valence-corrected chi connectivity index (χ4v) is 4.84. The molecule has 12 heteroatoms. The lowest BCUT2D eigenvalue weighted by atomic mass is 10.1. The van der Waals surface area contributed by atoms with E-state index in [0.717, 1.165) is 5.41 Å². The van der Waals surface area contributed by atoms with Gasteiger partial charge in [-0.05, 0) is 35.9 Å². The van der Waals surface area contributed by atoms with E-state index in [-0.39, 0.29) is 17.4 Å². The first-order valence-corrected chi connectivity index (χ1v) is 13.8. The molecule has 0 aliphatic rings. The van der Waals surface area contributed by atoms with E-state index in [1.807, 2.05) is 0 Å². The van der Waals surface area contributed by atoms with Crippen LogP contribution in [0.4, 0.5) is 5.69 Å². The first kappa shape index (κ1) is 30.8. The summed E-state index contributed by atoms with van der Waals surface area (Å²) in [5.74, 6) is 1.80. The predicted molar refractivity (Wildman–Crippen MR) is 155 cm³/mol. The number of nitrogens with zero attached hydrogens (tertiary/aromatic N) is 1. The number of pyridine rings is 1. The highest BCUT2D eigenvalue weighted by Gasteiger charge is 2.15. The van der Waals surface area contributed by atoms with Crippen LogP contribution < -0.4 is 33.7 Å². The van der Waals surface area contributed by atoms with Gasteiger partial charge in [-0.3, -0.25) is 4.79 Å². The molecule has 0 radical (unpaired) electrons. The number of carbonyl (C=O) groups excluding carboxylic acids is 1. The SMILES string of the molecule is COc1cc(OC)c(/C=C/S(=O)(=O)Cc2cnc(OC)c(N/C=C\C(=O)c3ccc(OC)c(OC)c3)c2)c(OC)c1. The van der Waals surface area contributed by atoms with Crippen molar-refractivity contribution in [2.45, 2.75) is 5.75 Å². The smallest absolute Gasteiger partial charge is 0.237 e. The van der Waals surface area contributed by atoms with Crippen LogP contribution in [0.25, 0.3) is 6.08 Å². The second kappa shape index (κ2) is 14.1. The van der Waals surface area contributed by atoms with Crippen LogP contribution in [0.3, 0.4) is 0 Å². The summed E-state index contributed by atoms with van der Waals surface area (Å²) in [4.78, 5) is 16.8. The summed E-state index contributed by atoms with van der Waals surface area (Å²) in [5, 5.41) is 4.02. The molecule has 0 unspecified atom stereocenters. The van der Waals surface area contributed by atoms with Gasteiger partial charge < -0.3 is 33.7 Å². The molecule has 0 aliphatic heterocycles. The first-order valence-electron chi connectivity index (χ1n) is 12.1. The van der Waals surface area contributed by atoms with Gasteiger partial charge in [-0.1, -0.05) is 0 Å². The summed E-state index contributed by atoms with van der Waals surface area (Å²) in [6, 6.07) is 9.67. The molecule has 0 aliphatic carbocycles. The van der Waals surface area contributed by atoms with Crippen LogP contribution in [0.1, 0.15) is 21.5 Å². The van der Waals surface area contributed by atoms with Gasteiger partial charge >= 0.3 is 0 Å². The molecule has 2 aromatic carbocycles. The van der Waals surface area contributed by atoms with Gasteiger partial charge in [0.1, 0.15) is 22.9 Å². The molecule has 1 heterocycles. The highest BCUT2D eigenvalue weighted by atomic mass is 32.2. The number of hydrogen-bond acceptors (Lipinski definition) is 11. The molecule has 3 aromatic rings. The fourth-order valence-electron chi connectivity index (χ4n) is 3.78. The summed E-state index contributed by atoms with van der Waals surface area (Å²) in [6.07, 6.45) is 5.55. The van der Waals surface area contributed by atoms with Crippen LogP contribution in [0.2, 0.25) is 0 Å². The zero-order valence-corrected chi connectivity index (χ0v) is 24.4. The molecule has 1 aromatic heterocycles. The summed E-state index contributed by atoms with van der Waals surface area (Å²) in [7, 11) is 5.12. The van der Waals surface area contributed by atoms with Crippen molar-refractivity contribution in [3.05, 3.63) is 77.0 Å². The quantitative estimate of drug-likeness (QED) is 0.212. The second-order valence-corrected chi connectivity index (χ2v) is 10.3. The number of rotatable bonds is 14. The van der Waals surface area contributed by atoms with Gasteiger partial charge in [0.05, 0.1) is 54.0 Å². The number of methoxy groups -OCH3 is 6. The van der Waals surface area contributed by atoms with E-state index in [9.17, 15) is 13.2 Å². The minimum atomic E-state index is -3.74. The van der Waals surface area contributed by atoms with E-state index in [4.69, 9.17) is 28.4 Å². The molecule has 0 spiro atoms. The summed E-state index contributed by atoms with van der Waals surface area (Å²) < 4.78 is 57.7. The van der Waals surface area contributed by atoms with Crippen molar-refractivity contribution in [3.8, 4) is 34.6 Å². The molecular weight excluding hydrogens is 552 g/mol. The average molecular weight is 585 g/mol. The minimum absolute atomic E-state index is 0.220. The fraction of sp³-hybridized carbons (Fsp3) is 0.241. The van der Waals surface area contributed by atoms with E-state index in [2.05, 4.69) is 10.3 Å². The Balaban J connectivity index is 1.78. The van der Waals surface area contributed by atoms with Gasteiger partial charge in [-0.15, -0.1) is 0 Å². The minimum Gasteiger partial charge on any atom is -0.496 e. The van der Waals surface area contributed by atoms with E-state index < -0.39 is 9.84 Å². The van der Waals surface area contributed by atoms with Crippen molar-refractivity contribution in [2.24, 2.45) is 0 Å². The summed E-state index contributed by atoms with van der Waals surface area (Å²) in [6.45, 7) is 0. The molecule has 0 atom stereocenters. The molecule has 0 fully saturated rings. The highest BCUT2D eigenvalue weighted by molar-refractivity contribution is 7.93. The molecule has 3 rings (SSSR count). The van der Waals surface area contributed by atoms with Crippen LogP contribution in [-0.2, 0) is 15.6 Å². The Morgan fingerprint density at radius 1 is 0.829 bits per heavy atom. The van der Waals surface area contributed by atoms with Gasteiger partial charge in [0.2, 0.25) is 5.88 Å². The molecule has 11 nitrogen and oxygen atoms in total. The Hall–Kier alpha value is -4.71. The number of aromatic nitrogens is 1. The van der Waals surface area contributed by atoms with Gasteiger partial charge in [0.25, 0.3) is 0 Å². The number of anilines is 1. The molecule has 218 valence electrons. The molecular formula is C29H32N2O9S. The summed E-state index contributed by atoms with van der Waals surface area (Å²) >= 11 is 0. The lowest BCUT2D eigenvalue weighted by molar-refractivity contribution is 0.104. The van der Waals surface area contributed by atoms with Gasteiger partial charge in [0, 0.05) is 41.6 Å². The number of benzene rings is 2. The molecule has 0 bridgehead atoms. The van der Waals surface area contributed by atoms with Crippen molar-refractivity contribution in [3.63, 3.8) is 0 Å². The number of nitrogens with one attached hydrogen (secondary N) is 1. The lowest BCUT2D eigenvalue weighted by Gasteiger charge is -2.12. The number of ether oxygens (including phenoxy) is 6. The monoisotopic (exact) mass is 584 g/mol. The van der Waals surface area contributed by atoms with Crippen LogP contribution in [0.15, 0.2) is 60.3 Å². The Morgan fingerprint density at radius 2 is 1.49 bits per heavy atom. The van der Waals surface area contributed by atoms with Crippen LogP contribution in [0.5, 0.6) is 34.6 Å². The molecule has 0 saturated heterocycles. The van der Waals surface area contributed by atoms with Crippen LogP contribution in [-0.4, -0.2) is 61.8 Å². The van der Waals surface area contributed by atoms with Crippen molar-refractivity contribution >= 4 is 27.4 Å². The maximum absolute atomic E-state index is 13.0. The van der Waals surface area contributed by atoms with E-state index in [1.165, 1.54) is 67.2 Å². The van der Waals surface area contributed by atoms with Gasteiger partial charge in [-0.2, -0.15) is 0 Å². The summed E-state index contributed by atoms with van der Waals surface area (Å²) in [5.41, 5.74) is 1.60. The Morgan fingerprint density at radius 3 is 2.07 bits per heavy atom. The average Bonchev–Trinajstić information content (AvgIpc) is 2.98. The number of carbonyl (C=O) groups is 1. The zero-order valence-electron chi connectivity index (χ0n) is 23.6. The Kier molecular flexibility index (Phi) is 10.6. The van der Waals surface area contributed by atoms with Gasteiger partial charge in [-0.25, -0.2) is 13.4 Å². The van der Waals surface area contributed by atoms with E-state index >= 15 is 0 Å².